The topological polar surface area (TPSA) is 90.7 Å². The number of aromatic nitrogens is 4. The van der Waals surface area contributed by atoms with Crippen LogP contribution in [0, 0.1) is 6.92 Å². The number of hydrogen-bond acceptors (Lipinski definition) is 6. The summed E-state index contributed by atoms with van der Waals surface area (Å²) in [5.74, 6) is 1.81. The lowest BCUT2D eigenvalue weighted by molar-refractivity contribution is 0.203. The highest BCUT2D eigenvalue weighted by Gasteiger charge is 2.40. The molecular formula is C14H19N5O. The summed E-state index contributed by atoms with van der Waals surface area (Å²) in [6, 6.07) is 1.85. The Balaban J connectivity index is 1.94. The highest BCUT2D eigenvalue weighted by molar-refractivity contribution is 5.47. The van der Waals surface area contributed by atoms with Crippen molar-refractivity contribution in [2.24, 2.45) is 5.73 Å². The molecule has 1 aliphatic rings. The van der Waals surface area contributed by atoms with Crippen molar-refractivity contribution in [2.45, 2.75) is 51.0 Å². The zero-order valence-corrected chi connectivity index (χ0v) is 11.8. The van der Waals surface area contributed by atoms with Crippen LogP contribution in [0.3, 0.4) is 0 Å². The minimum atomic E-state index is -0.231. The molecule has 0 saturated heterocycles. The lowest BCUT2D eigenvalue weighted by Gasteiger charge is -2.35. The maximum Gasteiger partial charge on any atom is 0.234 e. The van der Waals surface area contributed by atoms with Crippen LogP contribution in [0.4, 0.5) is 0 Å². The molecule has 0 amide bonds. The molecule has 2 atom stereocenters. The van der Waals surface area contributed by atoms with Gasteiger partial charge in [0.15, 0.2) is 0 Å². The Morgan fingerprint density at radius 3 is 2.95 bits per heavy atom. The van der Waals surface area contributed by atoms with Gasteiger partial charge in [0.2, 0.25) is 11.7 Å². The minimum Gasteiger partial charge on any atom is -0.338 e. The molecule has 2 unspecified atom stereocenters. The second kappa shape index (κ2) is 4.94. The van der Waals surface area contributed by atoms with E-state index in [1.807, 2.05) is 6.92 Å². The zero-order valence-electron chi connectivity index (χ0n) is 11.8. The van der Waals surface area contributed by atoms with Gasteiger partial charge in [0, 0.05) is 12.2 Å². The second-order valence-electron chi connectivity index (χ2n) is 5.68. The summed E-state index contributed by atoms with van der Waals surface area (Å²) in [6.45, 7) is 3.95. The maximum atomic E-state index is 6.26. The van der Waals surface area contributed by atoms with Crippen LogP contribution < -0.4 is 5.73 Å². The van der Waals surface area contributed by atoms with Crippen LogP contribution in [0.5, 0.6) is 0 Å². The molecule has 0 aliphatic heterocycles. The van der Waals surface area contributed by atoms with E-state index in [1.54, 1.807) is 12.3 Å². The molecule has 0 spiro atoms. The molecule has 20 heavy (non-hydrogen) atoms. The number of hydrogen-bond donors (Lipinski definition) is 1. The Labute approximate surface area is 117 Å². The van der Waals surface area contributed by atoms with Gasteiger partial charge in [-0.15, -0.1) is 0 Å². The van der Waals surface area contributed by atoms with E-state index in [1.165, 1.54) is 6.42 Å². The fraction of sp³-hybridized carbons (Fsp3) is 0.571. The Kier molecular flexibility index (Phi) is 3.25. The normalized spacial score (nSPS) is 26.6. The van der Waals surface area contributed by atoms with Crippen LogP contribution in [0.1, 0.15) is 44.3 Å². The van der Waals surface area contributed by atoms with Gasteiger partial charge in [0.05, 0.1) is 5.41 Å². The molecule has 106 valence electrons. The summed E-state index contributed by atoms with van der Waals surface area (Å²) < 4.78 is 5.47. The van der Waals surface area contributed by atoms with Crippen LogP contribution in [0.25, 0.3) is 11.5 Å². The molecule has 0 aromatic carbocycles. The number of nitrogens with two attached hydrogens (primary N) is 1. The van der Waals surface area contributed by atoms with Crippen molar-refractivity contribution in [3.63, 3.8) is 0 Å². The fourth-order valence-corrected chi connectivity index (χ4v) is 2.77. The second-order valence-corrected chi connectivity index (χ2v) is 5.68. The van der Waals surface area contributed by atoms with E-state index in [9.17, 15) is 0 Å². The molecule has 1 fully saturated rings. The van der Waals surface area contributed by atoms with Crippen LogP contribution in [-0.2, 0) is 5.41 Å². The Morgan fingerprint density at radius 2 is 2.20 bits per heavy atom. The van der Waals surface area contributed by atoms with Gasteiger partial charge in [0.1, 0.15) is 11.5 Å². The Hall–Kier alpha value is -1.82. The Bertz CT molecular complexity index is 611. The van der Waals surface area contributed by atoms with Crippen LogP contribution in [0.15, 0.2) is 16.8 Å². The van der Waals surface area contributed by atoms with Gasteiger partial charge in [0.25, 0.3) is 0 Å². The van der Waals surface area contributed by atoms with Gasteiger partial charge in [-0.25, -0.2) is 9.97 Å². The third-order valence-electron chi connectivity index (χ3n) is 4.20. The molecule has 3 rings (SSSR count). The van der Waals surface area contributed by atoms with Crippen molar-refractivity contribution in [1.29, 1.82) is 0 Å². The number of aryl methyl sites for hydroxylation is 1. The number of rotatable bonds is 2. The van der Waals surface area contributed by atoms with Crippen molar-refractivity contribution in [3.8, 4) is 11.5 Å². The highest BCUT2D eigenvalue weighted by Crippen LogP contribution is 2.37. The monoisotopic (exact) mass is 273 g/mol. The van der Waals surface area contributed by atoms with Gasteiger partial charge in [-0.1, -0.05) is 18.0 Å². The summed E-state index contributed by atoms with van der Waals surface area (Å²) in [7, 11) is 0. The van der Waals surface area contributed by atoms with E-state index in [0.29, 0.717) is 23.2 Å². The molecule has 2 aromatic heterocycles. The van der Waals surface area contributed by atoms with Crippen molar-refractivity contribution < 1.29 is 4.52 Å². The first-order valence-electron chi connectivity index (χ1n) is 6.99. The SMILES string of the molecule is Cc1nccc(-c2noc(C3(C)CCCCC3N)n2)n1. The summed E-state index contributed by atoms with van der Waals surface area (Å²) in [6.07, 6.45) is 6.00. The molecule has 1 aliphatic carbocycles. The molecule has 6 heteroatoms. The first kappa shape index (κ1) is 13.2. The summed E-state index contributed by atoms with van der Waals surface area (Å²) >= 11 is 0. The molecule has 2 N–H and O–H groups in total. The standard InChI is InChI=1S/C14H19N5O/c1-9-16-8-6-10(17-9)12-18-13(20-19-12)14(2)7-4-3-5-11(14)15/h6,8,11H,3-5,7,15H2,1-2H3. The fourth-order valence-electron chi connectivity index (χ4n) is 2.77. The highest BCUT2D eigenvalue weighted by atomic mass is 16.5. The third-order valence-corrected chi connectivity index (χ3v) is 4.20. The Morgan fingerprint density at radius 1 is 1.35 bits per heavy atom. The van der Waals surface area contributed by atoms with E-state index in [0.717, 1.165) is 19.3 Å². The van der Waals surface area contributed by atoms with Crippen molar-refractivity contribution in [1.82, 2.24) is 20.1 Å². The maximum absolute atomic E-state index is 6.26. The molecule has 1 saturated carbocycles. The van der Waals surface area contributed by atoms with Crippen LogP contribution in [-0.4, -0.2) is 26.2 Å². The first-order valence-corrected chi connectivity index (χ1v) is 6.99. The van der Waals surface area contributed by atoms with Crippen molar-refractivity contribution >= 4 is 0 Å². The molecule has 2 heterocycles. The average Bonchev–Trinajstić information content (AvgIpc) is 2.93. The average molecular weight is 273 g/mol. The quantitative estimate of drug-likeness (QED) is 0.899. The molecule has 6 nitrogen and oxygen atoms in total. The summed E-state index contributed by atoms with van der Waals surface area (Å²) in [5.41, 5.74) is 6.71. The van der Waals surface area contributed by atoms with E-state index in [-0.39, 0.29) is 11.5 Å². The third kappa shape index (κ3) is 2.20. The van der Waals surface area contributed by atoms with Gasteiger partial charge in [-0.05, 0) is 32.8 Å². The lowest BCUT2D eigenvalue weighted by atomic mass is 9.72. The summed E-state index contributed by atoms with van der Waals surface area (Å²) in [4.78, 5) is 12.9. The predicted molar refractivity (Wildman–Crippen MR) is 73.9 cm³/mol. The van der Waals surface area contributed by atoms with Gasteiger partial charge in [-0.2, -0.15) is 4.98 Å². The molecule has 0 bridgehead atoms. The smallest absolute Gasteiger partial charge is 0.234 e. The van der Waals surface area contributed by atoms with E-state index in [4.69, 9.17) is 10.3 Å². The van der Waals surface area contributed by atoms with Crippen LogP contribution >= 0.6 is 0 Å². The molecular weight excluding hydrogens is 254 g/mol. The zero-order chi connectivity index (χ0) is 14.2. The molecule has 0 radical (unpaired) electrons. The van der Waals surface area contributed by atoms with E-state index in [2.05, 4.69) is 27.0 Å². The predicted octanol–water partition coefficient (Wildman–Crippen LogP) is 1.99. The van der Waals surface area contributed by atoms with Gasteiger partial charge < -0.3 is 10.3 Å². The van der Waals surface area contributed by atoms with E-state index >= 15 is 0 Å². The lowest BCUT2D eigenvalue weighted by Crippen LogP contribution is -2.45. The van der Waals surface area contributed by atoms with Crippen molar-refractivity contribution in [2.75, 3.05) is 0 Å². The number of nitrogens with zero attached hydrogens (tertiary/aromatic N) is 4. The first-order chi connectivity index (χ1) is 9.59. The van der Waals surface area contributed by atoms with Gasteiger partial charge >= 0.3 is 0 Å². The molecule has 2 aromatic rings. The van der Waals surface area contributed by atoms with Crippen LogP contribution in [0.2, 0.25) is 0 Å². The van der Waals surface area contributed by atoms with Crippen molar-refractivity contribution in [3.05, 3.63) is 24.0 Å². The van der Waals surface area contributed by atoms with Gasteiger partial charge in [-0.3, -0.25) is 0 Å². The van der Waals surface area contributed by atoms with E-state index < -0.39 is 0 Å². The summed E-state index contributed by atoms with van der Waals surface area (Å²) in [5, 5.41) is 4.05. The minimum absolute atomic E-state index is 0.0664. The largest absolute Gasteiger partial charge is 0.338 e.